The fourth-order valence-electron chi connectivity index (χ4n) is 1.91. The summed E-state index contributed by atoms with van der Waals surface area (Å²) in [5.74, 6) is -0.882. The number of anilines is 1. The molecule has 2 aromatic rings. The number of carbonyl (C=O) groups is 1. The molecule has 5 nitrogen and oxygen atoms in total. The van der Waals surface area contributed by atoms with Crippen molar-refractivity contribution < 1.29 is 13.2 Å². The van der Waals surface area contributed by atoms with Crippen LogP contribution in [0.1, 0.15) is 0 Å². The lowest BCUT2D eigenvalue weighted by molar-refractivity contribution is -0.116. The lowest BCUT2D eigenvalue weighted by atomic mass is 10.3. The molecule has 0 saturated carbocycles. The molecule has 0 aliphatic carbocycles. The van der Waals surface area contributed by atoms with Crippen molar-refractivity contribution in [3.8, 4) is 0 Å². The molecule has 10 heteroatoms. The highest BCUT2D eigenvalue weighted by molar-refractivity contribution is 7.93. The van der Waals surface area contributed by atoms with Gasteiger partial charge in [-0.3, -0.25) is 9.10 Å². The molecule has 0 bridgehead atoms. The van der Waals surface area contributed by atoms with Crippen LogP contribution in [-0.2, 0) is 14.8 Å². The van der Waals surface area contributed by atoms with E-state index >= 15 is 0 Å². The van der Waals surface area contributed by atoms with Gasteiger partial charge in [0.25, 0.3) is 10.0 Å². The van der Waals surface area contributed by atoms with Gasteiger partial charge < -0.3 is 5.73 Å². The molecule has 0 heterocycles. The van der Waals surface area contributed by atoms with E-state index < -0.39 is 22.5 Å². The van der Waals surface area contributed by atoms with Crippen molar-refractivity contribution in [3.05, 3.63) is 56.5 Å². The van der Waals surface area contributed by atoms with Crippen molar-refractivity contribution in [2.24, 2.45) is 5.73 Å². The number of halogens is 4. The third-order valence-corrected chi connectivity index (χ3v) is 5.97. The summed E-state index contributed by atoms with van der Waals surface area (Å²) in [6, 6.07) is 8.14. The van der Waals surface area contributed by atoms with Gasteiger partial charge in [-0.25, -0.2) is 8.42 Å². The van der Waals surface area contributed by atoms with Crippen LogP contribution in [0.3, 0.4) is 0 Å². The molecule has 0 radical (unpaired) electrons. The molecule has 0 aromatic heterocycles. The number of rotatable bonds is 5. The van der Waals surface area contributed by atoms with E-state index in [1.807, 2.05) is 0 Å². The van der Waals surface area contributed by atoms with Crippen LogP contribution in [0.2, 0.25) is 20.1 Å². The van der Waals surface area contributed by atoms with E-state index in [2.05, 4.69) is 0 Å². The predicted molar refractivity (Wildman–Crippen MR) is 96.7 cm³/mol. The standard InChI is InChI=1S/C14H10Cl4N2O3S/c15-8-1-3-10(17)12(5-8)20(7-14(19)21)24(22,23)13-6-9(16)2-4-11(13)18/h1-6H,7H2,(H2,19,21). The Morgan fingerprint density at radius 3 is 2.08 bits per heavy atom. The summed E-state index contributed by atoms with van der Waals surface area (Å²) in [6.45, 7) is -0.648. The highest BCUT2D eigenvalue weighted by Crippen LogP contribution is 2.35. The largest absolute Gasteiger partial charge is 0.368 e. The van der Waals surface area contributed by atoms with Crippen LogP contribution in [0.25, 0.3) is 0 Å². The Kier molecular flexibility index (Phi) is 5.88. The maximum absolute atomic E-state index is 13.0. The number of carbonyl (C=O) groups excluding carboxylic acids is 1. The molecule has 1 amide bonds. The fourth-order valence-corrected chi connectivity index (χ4v) is 4.53. The van der Waals surface area contributed by atoms with E-state index in [9.17, 15) is 13.2 Å². The average molecular weight is 428 g/mol. The second kappa shape index (κ2) is 7.37. The van der Waals surface area contributed by atoms with Gasteiger partial charge in [0.15, 0.2) is 0 Å². The highest BCUT2D eigenvalue weighted by atomic mass is 35.5. The van der Waals surface area contributed by atoms with Crippen LogP contribution in [0.4, 0.5) is 5.69 Å². The minimum Gasteiger partial charge on any atom is -0.368 e. The molecule has 2 aromatic carbocycles. The number of nitrogens with zero attached hydrogens (tertiary/aromatic N) is 1. The van der Waals surface area contributed by atoms with E-state index in [1.165, 1.54) is 36.4 Å². The van der Waals surface area contributed by atoms with Gasteiger partial charge in [0.1, 0.15) is 11.4 Å². The van der Waals surface area contributed by atoms with Gasteiger partial charge in [0, 0.05) is 10.0 Å². The number of sulfonamides is 1. The first kappa shape index (κ1) is 19.1. The van der Waals surface area contributed by atoms with Gasteiger partial charge in [-0.1, -0.05) is 46.4 Å². The predicted octanol–water partition coefficient (Wildman–Crippen LogP) is 3.98. The summed E-state index contributed by atoms with van der Waals surface area (Å²) in [7, 11) is -4.27. The Labute approximate surface area is 158 Å². The topological polar surface area (TPSA) is 80.5 Å². The third-order valence-electron chi connectivity index (χ3n) is 2.94. The van der Waals surface area contributed by atoms with Crippen LogP contribution in [0.5, 0.6) is 0 Å². The van der Waals surface area contributed by atoms with E-state index in [1.54, 1.807) is 0 Å². The summed E-state index contributed by atoms with van der Waals surface area (Å²) in [4.78, 5) is 11.1. The Hall–Kier alpha value is -1.18. The Bertz CT molecular complexity index is 903. The number of hydrogen-bond acceptors (Lipinski definition) is 3. The zero-order chi connectivity index (χ0) is 18.1. The maximum atomic E-state index is 13.0. The Morgan fingerprint density at radius 1 is 0.958 bits per heavy atom. The summed E-state index contributed by atoms with van der Waals surface area (Å²) >= 11 is 23.8. The van der Waals surface area contributed by atoms with Gasteiger partial charge in [0.2, 0.25) is 5.91 Å². The van der Waals surface area contributed by atoms with E-state index in [0.717, 1.165) is 4.31 Å². The first-order chi connectivity index (χ1) is 11.1. The zero-order valence-corrected chi connectivity index (χ0v) is 15.7. The molecule has 0 saturated heterocycles. The molecule has 0 fully saturated rings. The van der Waals surface area contributed by atoms with Gasteiger partial charge in [-0.15, -0.1) is 0 Å². The molecule has 2 N–H and O–H groups in total. The lowest BCUT2D eigenvalue weighted by Gasteiger charge is -2.24. The fraction of sp³-hybridized carbons (Fsp3) is 0.0714. The van der Waals surface area contributed by atoms with E-state index in [0.29, 0.717) is 0 Å². The molecule has 128 valence electrons. The minimum absolute atomic E-state index is 0.000918. The van der Waals surface area contributed by atoms with Crippen LogP contribution in [-0.4, -0.2) is 20.9 Å². The van der Waals surface area contributed by atoms with Gasteiger partial charge >= 0.3 is 0 Å². The Balaban J connectivity index is 2.69. The number of benzene rings is 2. The van der Waals surface area contributed by atoms with Crippen LogP contribution in [0.15, 0.2) is 41.3 Å². The summed E-state index contributed by atoms with van der Waals surface area (Å²) in [6.07, 6.45) is 0. The number of amides is 1. The molecule has 2 rings (SSSR count). The second-order valence-electron chi connectivity index (χ2n) is 4.65. The molecule has 0 aliphatic heterocycles. The Morgan fingerprint density at radius 2 is 1.50 bits per heavy atom. The molecule has 0 spiro atoms. The van der Waals surface area contributed by atoms with Crippen molar-refractivity contribution in [2.75, 3.05) is 10.8 Å². The number of primary amides is 1. The van der Waals surface area contributed by atoms with Crippen LogP contribution < -0.4 is 10.0 Å². The quantitative estimate of drug-likeness (QED) is 0.783. The zero-order valence-electron chi connectivity index (χ0n) is 11.8. The van der Waals surface area contributed by atoms with Crippen molar-refractivity contribution >= 4 is 68.0 Å². The minimum atomic E-state index is -4.27. The molecule has 0 atom stereocenters. The highest BCUT2D eigenvalue weighted by Gasteiger charge is 2.30. The molecule has 0 aliphatic rings. The first-order valence-corrected chi connectivity index (χ1v) is 9.29. The van der Waals surface area contributed by atoms with Gasteiger partial charge in [-0.2, -0.15) is 0 Å². The number of nitrogens with two attached hydrogens (primary N) is 1. The lowest BCUT2D eigenvalue weighted by Crippen LogP contribution is -2.38. The summed E-state index contributed by atoms with van der Waals surface area (Å²) in [5.41, 5.74) is 5.18. The summed E-state index contributed by atoms with van der Waals surface area (Å²) < 4.78 is 26.7. The van der Waals surface area contributed by atoms with Crippen LogP contribution >= 0.6 is 46.4 Å². The maximum Gasteiger partial charge on any atom is 0.266 e. The average Bonchev–Trinajstić information content (AvgIpc) is 2.49. The first-order valence-electron chi connectivity index (χ1n) is 6.34. The second-order valence-corrected chi connectivity index (χ2v) is 8.17. The van der Waals surface area contributed by atoms with Crippen molar-refractivity contribution in [1.82, 2.24) is 0 Å². The third kappa shape index (κ3) is 4.07. The monoisotopic (exact) mass is 426 g/mol. The molecular weight excluding hydrogens is 418 g/mol. The smallest absolute Gasteiger partial charge is 0.266 e. The van der Waals surface area contributed by atoms with Crippen molar-refractivity contribution in [3.63, 3.8) is 0 Å². The molecule has 0 unspecified atom stereocenters. The molecule has 24 heavy (non-hydrogen) atoms. The van der Waals surface area contributed by atoms with Crippen molar-refractivity contribution in [2.45, 2.75) is 4.90 Å². The summed E-state index contributed by atoms with van der Waals surface area (Å²) in [5, 5.41) is 0.403. The van der Waals surface area contributed by atoms with Crippen molar-refractivity contribution in [1.29, 1.82) is 0 Å². The van der Waals surface area contributed by atoms with Gasteiger partial charge in [0.05, 0.1) is 15.7 Å². The van der Waals surface area contributed by atoms with E-state index in [-0.39, 0.29) is 30.7 Å². The molecular formula is C14H10Cl4N2O3S. The SMILES string of the molecule is NC(=O)CN(c1cc(Cl)ccc1Cl)S(=O)(=O)c1cc(Cl)ccc1Cl. The van der Waals surface area contributed by atoms with E-state index in [4.69, 9.17) is 52.1 Å². The normalized spacial score (nSPS) is 11.3. The van der Waals surface area contributed by atoms with Crippen LogP contribution in [0, 0.1) is 0 Å². The number of hydrogen-bond donors (Lipinski definition) is 1. The van der Waals surface area contributed by atoms with Gasteiger partial charge in [-0.05, 0) is 36.4 Å².